The summed E-state index contributed by atoms with van der Waals surface area (Å²) >= 11 is 5.27. The minimum atomic E-state index is 0.838. The largest absolute Gasteiger partial charge is 0.493 e. The second-order valence-electron chi connectivity index (χ2n) is 4.67. The Morgan fingerprint density at radius 3 is 3.05 bits per heavy atom. The van der Waals surface area contributed by atoms with Crippen molar-refractivity contribution in [3.8, 4) is 5.75 Å². The first-order valence-corrected chi connectivity index (χ1v) is 8.12. The molecule has 0 radical (unpaired) electrons. The molecule has 2 heterocycles. The maximum Gasteiger partial charge on any atom is 0.122 e. The van der Waals surface area contributed by atoms with Gasteiger partial charge in [0.2, 0.25) is 0 Å². The molecule has 1 aromatic carbocycles. The Kier molecular flexibility index (Phi) is 4.21. The molecule has 1 aliphatic rings. The molecule has 0 unspecified atom stereocenters. The van der Waals surface area contributed by atoms with E-state index in [0.29, 0.717) is 0 Å². The van der Waals surface area contributed by atoms with Gasteiger partial charge in [-0.1, -0.05) is 12.1 Å². The second-order valence-corrected chi connectivity index (χ2v) is 7.22. The molecule has 0 bridgehead atoms. The van der Waals surface area contributed by atoms with Crippen molar-refractivity contribution in [2.75, 3.05) is 13.2 Å². The van der Waals surface area contributed by atoms with Gasteiger partial charge in [0.05, 0.1) is 10.4 Å². The van der Waals surface area contributed by atoms with E-state index in [9.17, 15) is 0 Å². The highest BCUT2D eigenvalue weighted by Crippen LogP contribution is 2.26. The maximum absolute atomic E-state index is 5.52. The van der Waals surface area contributed by atoms with Crippen molar-refractivity contribution >= 4 is 27.3 Å². The standard InChI is InChI=1S/C15H16BrNOS/c16-15-4-2-13(19-15)10-17-7-5-11-1-3-14-12(9-11)6-8-18-14/h1-4,9,17H,5-8,10H2. The maximum atomic E-state index is 5.52. The second kappa shape index (κ2) is 6.07. The zero-order valence-electron chi connectivity index (χ0n) is 10.6. The summed E-state index contributed by atoms with van der Waals surface area (Å²) in [5.74, 6) is 1.07. The fourth-order valence-electron chi connectivity index (χ4n) is 2.29. The van der Waals surface area contributed by atoms with E-state index in [1.807, 2.05) is 0 Å². The number of hydrogen-bond donors (Lipinski definition) is 1. The molecule has 0 saturated heterocycles. The van der Waals surface area contributed by atoms with Crippen LogP contribution in [0.5, 0.6) is 5.75 Å². The number of nitrogens with one attached hydrogen (secondary N) is 1. The summed E-state index contributed by atoms with van der Waals surface area (Å²) in [4.78, 5) is 1.37. The summed E-state index contributed by atoms with van der Waals surface area (Å²) in [7, 11) is 0. The van der Waals surface area contributed by atoms with Gasteiger partial charge in [-0.3, -0.25) is 0 Å². The molecule has 0 atom stereocenters. The number of halogens is 1. The van der Waals surface area contributed by atoms with Crippen LogP contribution in [0.4, 0.5) is 0 Å². The van der Waals surface area contributed by atoms with Gasteiger partial charge in [-0.25, -0.2) is 0 Å². The van der Waals surface area contributed by atoms with Crippen LogP contribution in [0.15, 0.2) is 34.1 Å². The van der Waals surface area contributed by atoms with Gasteiger partial charge < -0.3 is 10.1 Å². The van der Waals surface area contributed by atoms with Crippen molar-refractivity contribution in [2.45, 2.75) is 19.4 Å². The van der Waals surface area contributed by atoms with Crippen molar-refractivity contribution in [1.82, 2.24) is 5.32 Å². The van der Waals surface area contributed by atoms with E-state index in [4.69, 9.17) is 4.74 Å². The molecule has 2 aromatic rings. The van der Waals surface area contributed by atoms with E-state index in [-0.39, 0.29) is 0 Å². The summed E-state index contributed by atoms with van der Waals surface area (Å²) in [6.07, 6.45) is 2.12. The van der Waals surface area contributed by atoms with Crippen LogP contribution in [0.25, 0.3) is 0 Å². The number of thiophene rings is 1. The molecule has 0 aliphatic carbocycles. The number of ether oxygens (including phenoxy) is 1. The molecule has 1 aliphatic heterocycles. The van der Waals surface area contributed by atoms with Gasteiger partial charge in [0, 0.05) is 17.8 Å². The normalized spacial score (nSPS) is 13.3. The van der Waals surface area contributed by atoms with Gasteiger partial charge in [0.15, 0.2) is 0 Å². The quantitative estimate of drug-likeness (QED) is 0.838. The van der Waals surface area contributed by atoms with Crippen LogP contribution in [0, 0.1) is 0 Å². The van der Waals surface area contributed by atoms with E-state index in [1.165, 1.54) is 19.8 Å². The van der Waals surface area contributed by atoms with Crippen molar-refractivity contribution in [2.24, 2.45) is 0 Å². The van der Waals surface area contributed by atoms with Gasteiger partial charge in [0.25, 0.3) is 0 Å². The van der Waals surface area contributed by atoms with Crippen molar-refractivity contribution in [3.05, 3.63) is 50.1 Å². The van der Waals surface area contributed by atoms with Gasteiger partial charge in [-0.05, 0) is 58.2 Å². The van der Waals surface area contributed by atoms with Crippen molar-refractivity contribution in [1.29, 1.82) is 0 Å². The molecule has 0 saturated carbocycles. The summed E-state index contributed by atoms with van der Waals surface area (Å²) < 4.78 is 6.72. The summed E-state index contributed by atoms with van der Waals surface area (Å²) in [5, 5.41) is 3.49. The third-order valence-electron chi connectivity index (χ3n) is 3.27. The molecule has 19 heavy (non-hydrogen) atoms. The van der Waals surface area contributed by atoms with Crippen molar-refractivity contribution < 1.29 is 4.74 Å². The molecule has 3 rings (SSSR count). The Morgan fingerprint density at radius 1 is 1.26 bits per heavy atom. The number of benzene rings is 1. The van der Waals surface area contributed by atoms with Crippen LogP contribution < -0.4 is 10.1 Å². The van der Waals surface area contributed by atoms with Crippen LogP contribution in [0.1, 0.15) is 16.0 Å². The summed E-state index contributed by atoms with van der Waals surface area (Å²) in [5.41, 5.74) is 2.75. The Bertz CT molecular complexity index is 567. The predicted octanol–water partition coefficient (Wildman–Crippen LogP) is 3.78. The number of rotatable bonds is 5. The van der Waals surface area contributed by atoms with E-state index in [2.05, 4.69) is 51.6 Å². The molecule has 0 fully saturated rings. The minimum absolute atomic E-state index is 0.838. The molecular formula is C15H16BrNOS. The number of hydrogen-bond acceptors (Lipinski definition) is 3. The first-order chi connectivity index (χ1) is 9.31. The van der Waals surface area contributed by atoms with Crippen LogP contribution in [-0.4, -0.2) is 13.2 Å². The van der Waals surface area contributed by atoms with Crippen molar-refractivity contribution in [3.63, 3.8) is 0 Å². The Balaban J connectivity index is 1.47. The average molecular weight is 338 g/mol. The van der Waals surface area contributed by atoms with Gasteiger partial charge in [0.1, 0.15) is 5.75 Å². The monoisotopic (exact) mass is 337 g/mol. The van der Waals surface area contributed by atoms with E-state index in [0.717, 1.165) is 38.3 Å². The molecule has 0 amide bonds. The van der Waals surface area contributed by atoms with Gasteiger partial charge in [-0.15, -0.1) is 11.3 Å². The minimum Gasteiger partial charge on any atom is -0.493 e. The van der Waals surface area contributed by atoms with Gasteiger partial charge >= 0.3 is 0 Å². The highest BCUT2D eigenvalue weighted by Gasteiger charge is 2.11. The van der Waals surface area contributed by atoms with Gasteiger partial charge in [-0.2, -0.15) is 0 Å². The average Bonchev–Trinajstić information content (AvgIpc) is 3.03. The van der Waals surface area contributed by atoms with E-state index in [1.54, 1.807) is 11.3 Å². The van der Waals surface area contributed by atoms with Crippen LogP contribution >= 0.6 is 27.3 Å². The summed E-state index contributed by atoms with van der Waals surface area (Å²) in [6.45, 7) is 2.80. The molecule has 1 aromatic heterocycles. The number of fused-ring (bicyclic) bond motifs is 1. The van der Waals surface area contributed by atoms with E-state index >= 15 is 0 Å². The molecule has 1 N–H and O–H groups in total. The first kappa shape index (κ1) is 13.2. The first-order valence-electron chi connectivity index (χ1n) is 6.51. The molecular weight excluding hydrogens is 322 g/mol. The Hall–Kier alpha value is -0.840. The summed E-state index contributed by atoms with van der Waals surface area (Å²) in [6, 6.07) is 10.8. The van der Waals surface area contributed by atoms with Crippen LogP contribution in [-0.2, 0) is 19.4 Å². The highest BCUT2D eigenvalue weighted by atomic mass is 79.9. The molecule has 0 spiro atoms. The Labute approximate surface area is 125 Å². The highest BCUT2D eigenvalue weighted by molar-refractivity contribution is 9.11. The lowest BCUT2D eigenvalue weighted by Gasteiger charge is -2.05. The fraction of sp³-hybridized carbons (Fsp3) is 0.333. The van der Waals surface area contributed by atoms with E-state index < -0.39 is 0 Å². The predicted molar refractivity (Wildman–Crippen MR) is 83.1 cm³/mol. The fourth-order valence-corrected chi connectivity index (χ4v) is 3.74. The molecule has 2 nitrogen and oxygen atoms in total. The smallest absolute Gasteiger partial charge is 0.122 e. The Morgan fingerprint density at radius 2 is 2.21 bits per heavy atom. The van der Waals surface area contributed by atoms with Crippen LogP contribution in [0.2, 0.25) is 0 Å². The third-order valence-corrected chi connectivity index (χ3v) is 4.90. The zero-order chi connectivity index (χ0) is 13.1. The third kappa shape index (κ3) is 3.38. The lowest BCUT2D eigenvalue weighted by Crippen LogP contribution is -2.15. The SMILES string of the molecule is Brc1ccc(CNCCc2ccc3c(c2)CCO3)s1. The molecule has 100 valence electrons. The lowest BCUT2D eigenvalue weighted by atomic mass is 10.1. The zero-order valence-corrected chi connectivity index (χ0v) is 13.0. The lowest BCUT2D eigenvalue weighted by molar-refractivity contribution is 0.357. The molecule has 4 heteroatoms. The van der Waals surface area contributed by atoms with Crippen LogP contribution in [0.3, 0.4) is 0 Å². The topological polar surface area (TPSA) is 21.3 Å².